The molecule has 0 radical (unpaired) electrons. The van der Waals surface area contributed by atoms with Gasteiger partial charge in [0.2, 0.25) is 0 Å². The first-order valence-corrected chi connectivity index (χ1v) is 6.63. The molecule has 0 aliphatic carbocycles. The van der Waals surface area contributed by atoms with Crippen LogP contribution in [0.5, 0.6) is 5.75 Å². The summed E-state index contributed by atoms with van der Waals surface area (Å²) >= 11 is 6.15. The van der Waals surface area contributed by atoms with E-state index in [1.807, 2.05) is 12.1 Å². The topological polar surface area (TPSA) is 35.2 Å². The standard InChI is InChI=1S/C14H20ClNO/c1-9(10(2)8-16)5-12-7-13(15)6-11-3-4-17-14(11)12/h6-7,9-10H,3-5,8,16H2,1-2H3. The van der Waals surface area contributed by atoms with Crippen molar-refractivity contribution in [3.8, 4) is 5.75 Å². The molecule has 0 spiro atoms. The SMILES string of the molecule is CC(CN)C(C)Cc1cc(Cl)cc2c1OCC2. The molecule has 1 aliphatic rings. The van der Waals surface area contributed by atoms with Crippen molar-refractivity contribution < 1.29 is 4.74 Å². The van der Waals surface area contributed by atoms with Crippen molar-refractivity contribution in [2.45, 2.75) is 26.7 Å². The van der Waals surface area contributed by atoms with Crippen molar-refractivity contribution in [3.05, 3.63) is 28.3 Å². The molecule has 0 fully saturated rings. The van der Waals surface area contributed by atoms with E-state index in [-0.39, 0.29) is 0 Å². The smallest absolute Gasteiger partial charge is 0.125 e. The molecule has 0 aromatic heterocycles. The van der Waals surface area contributed by atoms with E-state index in [1.165, 1.54) is 11.1 Å². The van der Waals surface area contributed by atoms with Gasteiger partial charge in [0, 0.05) is 11.4 Å². The second-order valence-corrected chi connectivity index (χ2v) is 5.48. The highest BCUT2D eigenvalue weighted by atomic mass is 35.5. The van der Waals surface area contributed by atoms with Crippen molar-refractivity contribution in [2.24, 2.45) is 17.6 Å². The van der Waals surface area contributed by atoms with E-state index in [4.69, 9.17) is 22.1 Å². The Hall–Kier alpha value is -0.730. The summed E-state index contributed by atoms with van der Waals surface area (Å²) in [6.45, 7) is 5.93. The van der Waals surface area contributed by atoms with Crippen LogP contribution in [0.4, 0.5) is 0 Å². The quantitative estimate of drug-likeness (QED) is 0.895. The minimum absolute atomic E-state index is 0.519. The summed E-state index contributed by atoms with van der Waals surface area (Å²) in [5, 5.41) is 0.817. The van der Waals surface area contributed by atoms with E-state index in [0.29, 0.717) is 11.8 Å². The molecule has 0 amide bonds. The zero-order valence-corrected chi connectivity index (χ0v) is 11.3. The van der Waals surface area contributed by atoms with Crippen LogP contribution in [0.3, 0.4) is 0 Å². The molecule has 1 aliphatic heterocycles. The van der Waals surface area contributed by atoms with Gasteiger partial charge in [-0.3, -0.25) is 0 Å². The lowest BCUT2D eigenvalue weighted by Crippen LogP contribution is -2.20. The van der Waals surface area contributed by atoms with E-state index < -0.39 is 0 Å². The molecule has 17 heavy (non-hydrogen) atoms. The number of rotatable bonds is 4. The summed E-state index contributed by atoms with van der Waals surface area (Å²) in [5.41, 5.74) is 8.20. The monoisotopic (exact) mass is 253 g/mol. The normalized spacial score (nSPS) is 17.4. The fraction of sp³-hybridized carbons (Fsp3) is 0.571. The number of halogens is 1. The van der Waals surface area contributed by atoms with Gasteiger partial charge in [0.15, 0.2) is 0 Å². The third kappa shape index (κ3) is 2.75. The zero-order valence-electron chi connectivity index (χ0n) is 10.5. The van der Waals surface area contributed by atoms with Crippen LogP contribution in [0.1, 0.15) is 25.0 Å². The highest BCUT2D eigenvalue weighted by Gasteiger charge is 2.20. The molecule has 0 saturated heterocycles. The van der Waals surface area contributed by atoms with E-state index in [0.717, 1.165) is 36.8 Å². The van der Waals surface area contributed by atoms with Gasteiger partial charge in [-0.15, -0.1) is 0 Å². The van der Waals surface area contributed by atoms with Crippen molar-refractivity contribution in [1.82, 2.24) is 0 Å². The third-order valence-corrected chi connectivity index (χ3v) is 3.93. The maximum absolute atomic E-state index is 6.15. The molecule has 3 heteroatoms. The van der Waals surface area contributed by atoms with Gasteiger partial charge in [0.1, 0.15) is 5.75 Å². The van der Waals surface area contributed by atoms with Gasteiger partial charge in [0.25, 0.3) is 0 Å². The van der Waals surface area contributed by atoms with Gasteiger partial charge in [-0.05, 0) is 48.1 Å². The minimum Gasteiger partial charge on any atom is -0.493 e. The van der Waals surface area contributed by atoms with E-state index in [1.54, 1.807) is 0 Å². The number of nitrogens with two attached hydrogens (primary N) is 1. The molecule has 1 aromatic carbocycles. The van der Waals surface area contributed by atoms with Crippen molar-refractivity contribution in [2.75, 3.05) is 13.2 Å². The Bertz CT molecular complexity index is 405. The fourth-order valence-electron chi connectivity index (χ4n) is 2.28. The third-order valence-electron chi connectivity index (χ3n) is 3.71. The minimum atomic E-state index is 0.519. The lowest BCUT2D eigenvalue weighted by Gasteiger charge is -2.19. The number of ether oxygens (including phenoxy) is 1. The predicted molar refractivity (Wildman–Crippen MR) is 71.7 cm³/mol. The van der Waals surface area contributed by atoms with Gasteiger partial charge in [-0.25, -0.2) is 0 Å². The summed E-state index contributed by atoms with van der Waals surface area (Å²) in [6.07, 6.45) is 1.96. The first kappa shape index (κ1) is 12.7. The summed E-state index contributed by atoms with van der Waals surface area (Å²) in [6, 6.07) is 4.05. The molecule has 0 bridgehead atoms. The zero-order chi connectivity index (χ0) is 12.4. The van der Waals surface area contributed by atoms with Crippen LogP contribution in [-0.2, 0) is 12.8 Å². The van der Waals surface area contributed by atoms with Crippen molar-refractivity contribution in [1.29, 1.82) is 0 Å². The molecule has 1 aromatic rings. The lowest BCUT2D eigenvalue weighted by atomic mass is 9.89. The molecule has 1 heterocycles. The van der Waals surface area contributed by atoms with Crippen LogP contribution in [0.2, 0.25) is 5.02 Å². The number of hydrogen-bond donors (Lipinski definition) is 1. The highest BCUT2D eigenvalue weighted by Crippen LogP contribution is 2.34. The Morgan fingerprint density at radius 3 is 2.82 bits per heavy atom. The van der Waals surface area contributed by atoms with E-state index in [9.17, 15) is 0 Å². The lowest BCUT2D eigenvalue weighted by molar-refractivity contribution is 0.344. The Morgan fingerprint density at radius 2 is 2.12 bits per heavy atom. The van der Waals surface area contributed by atoms with Gasteiger partial charge in [-0.1, -0.05) is 25.4 Å². The first-order chi connectivity index (χ1) is 8.11. The summed E-state index contributed by atoms with van der Waals surface area (Å²) < 4.78 is 5.71. The molecule has 0 saturated carbocycles. The predicted octanol–water partition coefficient (Wildman–Crippen LogP) is 3.05. The van der Waals surface area contributed by atoms with Crippen LogP contribution in [0.15, 0.2) is 12.1 Å². The Morgan fingerprint density at radius 1 is 1.35 bits per heavy atom. The van der Waals surface area contributed by atoms with Gasteiger partial charge in [-0.2, -0.15) is 0 Å². The molecular formula is C14H20ClNO. The van der Waals surface area contributed by atoms with Gasteiger partial charge in [0.05, 0.1) is 6.61 Å². The largest absolute Gasteiger partial charge is 0.493 e. The first-order valence-electron chi connectivity index (χ1n) is 6.26. The van der Waals surface area contributed by atoms with Crippen molar-refractivity contribution >= 4 is 11.6 Å². The highest BCUT2D eigenvalue weighted by molar-refractivity contribution is 6.30. The van der Waals surface area contributed by atoms with E-state index in [2.05, 4.69) is 13.8 Å². The average molecular weight is 254 g/mol. The summed E-state index contributed by atoms with van der Waals surface area (Å²) in [4.78, 5) is 0. The van der Waals surface area contributed by atoms with E-state index >= 15 is 0 Å². The van der Waals surface area contributed by atoms with Crippen LogP contribution in [-0.4, -0.2) is 13.2 Å². The Labute approximate surface area is 108 Å². The number of benzene rings is 1. The molecule has 2 rings (SSSR count). The molecule has 2 unspecified atom stereocenters. The van der Waals surface area contributed by atoms with Gasteiger partial charge >= 0.3 is 0 Å². The maximum Gasteiger partial charge on any atom is 0.125 e. The van der Waals surface area contributed by atoms with Crippen LogP contribution < -0.4 is 10.5 Å². The fourth-order valence-corrected chi connectivity index (χ4v) is 2.54. The van der Waals surface area contributed by atoms with Crippen molar-refractivity contribution in [3.63, 3.8) is 0 Å². The number of fused-ring (bicyclic) bond motifs is 1. The summed E-state index contributed by atoms with van der Waals surface area (Å²) in [7, 11) is 0. The van der Waals surface area contributed by atoms with Crippen LogP contribution in [0, 0.1) is 11.8 Å². The molecule has 2 nitrogen and oxygen atoms in total. The average Bonchev–Trinajstić information content (AvgIpc) is 2.75. The van der Waals surface area contributed by atoms with Gasteiger partial charge < -0.3 is 10.5 Å². The van der Waals surface area contributed by atoms with Crippen LogP contribution in [0.25, 0.3) is 0 Å². The summed E-state index contributed by atoms with van der Waals surface area (Å²) in [5.74, 6) is 2.13. The molecule has 94 valence electrons. The molecule has 2 N–H and O–H groups in total. The molecular weight excluding hydrogens is 234 g/mol. The second-order valence-electron chi connectivity index (χ2n) is 5.05. The molecule has 2 atom stereocenters. The Balaban J connectivity index is 2.21. The Kier molecular flexibility index (Phi) is 3.95. The van der Waals surface area contributed by atoms with Crippen LogP contribution >= 0.6 is 11.6 Å². The second kappa shape index (κ2) is 5.28. The maximum atomic E-state index is 6.15. The number of hydrogen-bond acceptors (Lipinski definition) is 2.